The molecular weight excluding hydrogens is 349 g/mol. The third-order valence-electron chi connectivity index (χ3n) is 4.47. The maximum atomic E-state index is 12.4. The van der Waals surface area contributed by atoms with E-state index in [0.29, 0.717) is 32.9 Å². The van der Waals surface area contributed by atoms with Crippen molar-refractivity contribution in [3.05, 3.63) is 28.5 Å². The zero-order valence-electron chi connectivity index (χ0n) is 13.5. The fourth-order valence-corrected chi connectivity index (χ4v) is 3.63. The van der Waals surface area contributed by atoms with E-state index in [1.807, 2.05) is 7.05 Å². The molecule has 0 unspecified atom stereocenters. The van der Waals surface area contributed by atoms with Gasteiger partial charge in [-0.3, -0.25) is 4.79 Å². The number of benzene rings is 1. The van der Waals surface area contributed by atoms with Crippen LogP contribution in [0.25, 0.3) is 10.9 Å². The smallest absolute Gasteiger partial charge is 0.260 e. The quantitative estimate of drug-likeness (QED) is 0.815. The van der Waals surface area contributed by atoms with E-state index in [1.165, 1.54) is 25.6 Å². The van der Waals surface area contributed by atoms with Crippen molar-refractivity contribution in [2.75, 3.05) is 13.7 Å². The third-order valence-corrected chi connectivity index (χ3v) is 4.97. The summed E-state index contributed by atoms with van der Waals surface area (Å²) in [5, 5.41) is 1.50. The Morgan fingerprint density at radius 2 is 2.00 bits per heavy atom. The highest BCUT2D eigenvalue weighted by atomic mass is 35.5. The topological polar surface area (TPSA) is 55.3 Å². The van der Waals surface area contributed by atoms with Crippen LogP contribution >= 0.6 is 23.2 Å². The summed E-state index contributed by atoms with van der Waals surface area (Å²) in [6.45, 7) is -0.0662. The van der Waals surface area contributed by atoms with Crippen molar-refractivity contribution in [3.8, 4) is 5.88 Å². The molecule has 1 aliphatic rings. The molecule has 24 heavy (non-hydrogen) atoms. The largest absolute Gasteiger partial charge is 0.467 e. The number of nitrogens with zero attached hydrogens (tertiary/aromatic N) is 3. The Bertz CT molecular complexity index is 748. The van der Waals surface area contributed by atoms with Gasteiger partial charge in [0.05, 0.1) is 15.9 Å². The number of hydrogen-bond acceptors (Lipinski definition) is 4. The van der Waals surface area contributed by atoms with E-state index in [2.05, 4.69) is 9.97 Å². The van der Waals surface area contributed by atoms with Crippen LogP contribution in [-0.2, 0) is 4.79 Å². The first-order chi connectivity index (χ1) is 11.6. The second kappa shape index (κ2) is 7.53. The van der Waals surface area contributed by atoms with E-state index >= 15 is 0 Å². The molecule has 0 N–H and O–H groups in total. The van der Waals surface area contributed by atoms with Gasteiger partial charge in [-0.05, 0) is 25.0 Å². The lowest BCUT2D eigenvalue weighted by molar-refractivity contribution is -0.134. The summed E-state index contributed by atoms with van der Waals surface area (Å²) >= 11 is 12.2. The predicted molar refractivity (Wildman–Crippen MR) is 94.7 cm³/mol. The summed E-state index contributed by atoms with van der Waals surface area (Å²) in [6.07, 6.45) is 7.09. The predicted octanol–water partition coefficient (Wildman–Crippen LogP) is 4.11. The van der Waals surface area contributed by atoms with Crippen LogP contribution in [-0.4, -0.2) is 40.5 Å². The summed E-state index contributed by atoms with van der Waals surface area (Å²) in [5.41, 5.74) is 0.555. The molecule has 1 aliphatic carbocycles. The first-order valence-corrected chi connectivity index (χ1v) is 8.80. The van der Waals surface area contributed by atoms with Gasteiger partial charge in [0.1, 0.15) is 6.33 Å². The summed E-state index contributed by atoms with van der Waals surface area (Å²) in [4.78, 5) is 22.4. The molecule has 0 bridgehead atoms. The Hall–Kier alpha value is -1.59. The molecule has 1 amide bonds. The lowest BCUT2D eigenvalue weighted by atomic mass is 9.94. The standard InChI is InChI=1S/C17H19Cl2N3O2/c1-22(12-5-3-2-4-6-12)15(23)9-24-17-13-7-11(18)8-14(19)16(13)20-10-21-17/h7-8,10,12H,2-6,9H2,1H3. The van der Waals surface area contributed by atoms with Crippen LogP contribution in [0.1, 0.15) is 32.1 Å². The van der Waals surface area contributed by atoms with Crippen LogP contribution in [0.3, 0.4) is 0 Å². The van der Waals surface area contributed by atoms with Crippen molar-refractivity contribution < 1.29 is 9.53 Å². The maximum Gasteiger partial charge on any atom is 0.260 e. The minimum absolute atomic E-state index is 0.0539. The minimum Gasteiger partial charge on any atom is -0.467 e. The molecule has 1 heterocycles. The Morgan fingerprint density at radius 3 is 2.75 bits per heavy atom. The molecular formula is C17H19Cl2N3O2. The van der Waals surface area contributed by atoms with Crippen molar-refractivity contribution in [1.29, 1.82) is 0 Å². The molecule has 0 atom stereocenters. The minimum atomic E-state index is -0.0662. The Labute approximate surface area is 150 Å². The number of halogens is 2. The van der Waals surface area contributed by atoms with Crippen LogP contribution in [0.5, 0.6) is 5.88 Å². The molecule has 0 aliphatic heterocycles. The number of carbonyl (C=O) groups excluding carboxylic acids is 1. The van der Waals surface area contributed by atoms with Gasteiger partial charge in [0.15, 0.2) is 6.61 Å². The highest BCUT2D eigenvalue weighted by Crippen LogP contribution is 2.30. The van der Waals surface area contributed by atoms with Crippen LogP contribution in [0, 0.1) is 0 Å². The van der Waals surface area contributed by atoms with Crippen LogP contribution in [0.15, 0.2) is 18.5 Å². The van der Waals surface area contributed by atoms with Crippen molar-refractivity contribution in [3.63, 3.8) is 0 Å². The number of rotatable bonds is 4. The summed E-state index contributed by atoms with van der Waals surface area (Å²) in [5.74, 6) is 0.261. The highest BCUT2D eigenvalue weighted by molar-refractivity contribution is 6.38. The molecule has 1 aromatic carbocycles. The molecule has 2 aromatic rings. The summed E-state index contributed by atoms with van der Waals surface area (Å²) < 4.78 is 5.64. The molecule has 3 rings (SSSR count). The average Bonchev–Trinajstić information content (AvgIpc) is 2.59. The average molecular weight is 368 g/mol. The number of ether oxygens (including phenoxy) is 1. The lowest BCUT2D eigenvalue weighted by Gasteiger charge is -2.31. The van der Waals surface area contributed by atoms with Gasteiger partial charge in [0.2, 0.25) is 5.88 Å². The second-order valence-electron chi connectivity index (χ2n) is 6.05. The molecule has 0 spiro atoms. The molecule has 0 radical (unpaired) electrons. The van der Waals surface area contributed by atoms with Gasteiger partial charge in [-0.2, -0.15) is 0 Å². The zero-order chi connectivity index (χ0) is 17.1. The molecule has 5 nitrogen and oxygen atoms in total. The first kappa shape index (κ1) is 17.2. The summed E-state index contributed by atoms with van der Waals surface area (Å²) in [7, 11) is 1.84. The number of carbonyl (C=O) groups is 1. The molecule has 1 aromatic heterocycles. The van der Waals surface area contributed by atoms with Gasteiger partial charge in [0.25, 0.3) is 5.91 Å². The lowest BCUT2D eigenvalue weighted by Crippen LogP contribution is -2.40. The normalized spacial score (nSPS) is 15.5. The van der Waals surface area contributed by atoms with Crippen molar-refractivity contribution in [2.45, 2.75) is 38.1 Å². The van der Waals surface area contributed by atoms with Crippen molar-refractivity contribution in [1.82, 2.24) is 14.9 Å². The van der Waals surface area contributed by atoms with E-state index in [1.54, 1.807) is 17.0 Å². The second-order valence-corrected chi connectivity index (χ2v) is 6.89. The Morgan fingerprint density at radius 1 is 1.25 bits per heavy atom. The van der Waals surface area contributed by atoms with Crippen LogP contribution < -0.4 is 4.74 Å². The maximum absolute atomic E-state index is 12.4. The Balaban J connectivity index is 1.72. The van der Waals surface area contributed by atoms with Gasteiger partial charge < -0.3 is 9.64 Å². The van der Waals surface area contributed by atoms with Gasteiger partial charge in [-0.1, -0.05) is 42.5 Å². The van der Waals surface area contributed by atoms with Gasteiger partial charge in [-0.25, -0.2) is 9.97 Å². The molecule has 1 fully saturated rings. The van der Waals surface area contributed by atoms with E-state index in [0.717, 1.165) is 12.8 Å². The fraction of sp³-hybridized carbons (Fsp3) is 0.471. The summed E-state index contributed by atoms with van der Waals surface area (Å²) in [6, 6.07) is 3.61. The van der Waals surface area contributed by atoms with Crippen LogP contribution in [0.4, 0.5) is 0 Å². The van der Waals surface area contributed by atoms with E-state index in [9.17, 15) is 4.79 Å². The SMILES string of the molecule is CN(C(=O)COc1ncnc2c(Cl)cc(Cl)cc12)C1CCCCC1. The highest BCUT2D eigenvalue weighted by Gasteiger charge is 2.22. The number of hydrogen-bond donors (Lipinski definition) is 0. The first-order valence-electron chi connectivity index (χ1n) is 8.04. The van der Waals surface area contributed by atoms with Gasteiger partial charge >= 0.3 is 0 Å². The third kappa shape index (κ3) is 3.73. The molecule has 0 saturated heterocycles. The fourth-order valence-electron chi connectivity index (χ4n) is 3.09. The zero-order valence-corrected chi connectivity index (χ0v) is 15.0. The Kier molecular flexibility index (Phi) is 5.41. The van der Waals surface area contributed by atoms with Gasteiger partial charge in [0, 0.05) is 18.1 Å². The number of amides is 1. The van der Waals surface area contributed by atoms with Crippen molar-refractivity contribution in [2.24, 2.45) is 0 Å². The molecule has 1 saturated carbocycles. The number of likely N-dealkylation sites (N-methyl/N-ethyl adjacent to an activating group) is 1. The van der Waals surface area contributed by atoms with Crippen LogP contribution in [0.2, 0.25) is 10.0 Å². The van der Waals surface area contributed by atoms with E-state index in [-0.39, 0.29) is 12.5 Å². The molecule has 7 heteroatoms. The number of aromatic nitrogens is 2. The van der Waals surface area contributed by atoms with E-state index in [4.69, 9.17) is 27.9 Å². The number of fused-ring (bicyclic) bond motifs is 1. The monoisotopic (exact) mass is 367 g/mol. The van der Waals surface area contributed by atoms with Crippen molar-refractivity contribution >= 4 is 40.0 Å². The molecule has 128 valence electrons. The van der Waals surface area contributed by atoms with E-state index < -0.39 is 0 Å². The van der Waals surface area contributed by atoms with Gasteiger partial charge in [-0.15, -0.1) is 0 Å².